The van der Waals surface area contributed by atoms with Gasteiger partial charge in [0.1, 0.15) is 16.8 Å². The second-order valence-corrected chi connectivity index (χ2v) is 6.35. The van der Waals surface area contributed by atoms with Crippen molar-refractivity contribution in [3.8, 4) is 0 Å². The summed E-state index contributed by atoms with van der Waals surface area (Å²) in [6.45, 7) is 7.29. The van der Waals surface area contributed by atoms with E-state index >= 15 is 0 Å². The molecule has 0 unspecified atom stereocenters. The average Bonchev–Trinajstić information content (AvgIpc) is 3.00. The molecule has 120 valence electrons. The second kappa shape index (κ2) is 6.15. The van der Waals surface area contributed by atoms with E-state index in [1.54, 1.807) is 13.0 Å². The summed E-state index contributed by atoms with van der Waals surface area (Å²) in [5.74, 6) is -1.33. The van der Waals surface area contributed by atoms with Gasteiger partial charge in [0, 0.05) is 5.38 Å². The number of hydrogen-bond donors (Lipinski definition) is 3. The van der Waals surface area contributed by atoms with Crippen LogP contribution in [0.15, 0.2) is 11.5 Å². The van der Waals surface area contributed by atoms with Crippen LogP contribution >= 0.6 is 11.3 Å². The highest BCUT2D eigenvalue weighted by atomic mass is 32.1. The quantitative estimate of drug-likeness (QED) is 0.774. The first-order chi connectivity index (χ1) is 10.2. The lowest BCUT2D eigenvalue weighted by atomic mass is 10.1. The van der Waals surface area contributed by atoms with Gasteiger partial charge in [-0.1, -0.05) is 6.08 Å². The Balaban J connectivity index is 2.10. The van der Waals surface area contributed by atoms with Crippen LogP contribution in [-0.2, 0) is 9.53 Å². The van der Waals surface area contributed by atoms with E-state index in [1.807, 2.05) is 20.8 Å². The lowest BCUT2D eigenvalue weighted by molar-refractivity contribution is -0.122. The molecule has 1 aromatic rings. The predicted molar refractivity (Wildman–Crippen MR) is 82.4 cm³/mol. The van der Waals surface area contributed by atoms with Crippen LogP contribution < -0.4 is 10.6 Å². The molecule has 2 heterocycles. The fraction of sp³-hybridized carbons (Fsp3) is 0.500. The number of allylic oxidation sites excluding steroid dienone is 1. The highest BCUT2D eigenvalue weighted by molar-refractivity contribution is 7.11. The Morgan fingerprint density at radius 3 is 2.68 bits per heavy atom. The van der Waals surface area contributed by atoms with Crippen LogP contribution in [0.1, 0.15) is 43.2 Å². The van der Waals surface area contributed by atoms with Gasteiger partial charge in [0.2, 0.25) is 5.91 Å². The van der Waals surface area contributed by atoms with Crippen LogP contribution in [0.25, 0.3) is 5.70 Å². The van der Waals surface area contributed by atoms with E-state index in [2.05, 4.69) is 15.6 Å². The van der Waals surface area contributed by atoms with Crippen LogP contribution in [0.5, 0.6) is 0 Å². The molecule has 2 rings (SSSR count). The zero-order valence-corrected chi connectivity index (χ0v) is 13.7. The van der Waals surface area contributed by atoms with E-state index in [1.165, 1.54) is 16.7 Å². The summed E-state index contributed by atoms with van der Waals surface area (Å²) in [5.41, 5.74) is -0.110. The molecule has 0 aromatic carbocycles. The van der Waals surface area contributed by atoms with Crippen molar-refractivity contribution in [2.75, 3.05) is 0 Å². The number of carboxylic acids is 1. The molecule has 0 aliphatic carbocycles. The molecule has 1 amide bonds. The van der Waals surface area contributed by atoms with Gasteiger partial charge < -0.3 is 15.2 Å². The predicted octanol–water partition coefficient (Wildman–Crippen LogP) is 1.43. The van der Waals surface area contributed by atoms with E-state index < -0.39 is 17.7 Å². The Labute approximate surface area is 132 Å². The zero-order valence-electron chi connectivity index (χ0n) is 12.8. The minimum absolute atomic E-state index is 0.0366. The SMILES string of the molecule is C/C=C(\NC(=O)[C@H]1NC(C)(C)O[C@@H]1C)c1nc(C(=O)O)cs1. The summed E-state index contributed by atoms with van der Waals surface area (Å²) in [6, 6.07) is -0.483. The van der Waals surface area contributed by atoms with Crippen molar-refractivity contribution in [2.24, 2.45) is 0 Å². The van der Waals surface area contributed by atoms with E-state index in [-0.39, 0.29) is 17.7 Å². The van der Waals surface area contributed by atoms with Crippen molar-refractivity contribution in [3.05, 3.63) is 22.2 Å². The molecule has 1 fully saturated rings. The first kappa shape index (κ1) is 16.6. The van der Waals surface area contributed by atoms with E-state index in [0.29, 0.717) is 10.7 Å². The maximum Gasteiger partial charge on any atom is 0.355 e. The number of aromatic carboxylic acids is 1. The Hall–Kier alpha value is -1.77. The molecule has 0 radical (unpaired) electrons. The third-order valence-corrected chi connectivity index (χ3v) is 4.11. The van der Waals surface area contributed by atoms with Gasteiger partial charge in [-0.3, -0.25) is 10.1 Å². The van der Waals surface area contributed by atoms with Gasteiger partial charge in [-0.05, 0) is 27.7 Å². The van der Waals surface area contributed by atoms with Crippen molar-refractivity contribution in [3.63, 3.8) is 0 Å². The molecule has 8 heteroatoms. The highest BCUT2D eigenvalue weighted by Crippen LogP contribution is 2.22. The van der Waals surface area contributed by atoms with Crippen molar-refractivity contribution in [1.82, 2.24) is 15.6 Å². The Morgan fingerprint density at radius 2 is 2.23 bits per heavy atom. The highest BCUT2D eigenvalue weighted by Gasteiger charge is 2.41. The first-order valence-corrected chi connectivity index (χ1v) is 7.73. The van der Waals surface area contributed by atoms with Gasteiger partial charge >= 0.3 is 5.97 Å². The molecule has 0 saturated carbocycles. The first-order valence-electron chi connectivity index (χ1n) is 6.85. The monoisotopic (exact) mass is 325 g/mol. The van der Waals surface area contributed by atoms with Crippen LogP contribution in [0.3, 0.4) is 0 Å². The van der Waals surface area contributed by atoms with Crippen LogP contribution in [0, 0.1) is 0 Å². The Morgan fingerprint density at radius 1 is 1.55 bits per heavy atom. The second-order valence-electron chi connectivity index (χ2n) is 5.49. The van der Waals surface area contributed by atoms with Crippen molar-refractivity contribution in [2.45, 2.75) is 45.6 Å². The van der Waals surface area contributed by atoms with Crippen LogP contribution in [0.4, 0.5) is 0 Å². The largest absolute Gasteiger partial charge is 0.476 e. The molecular formula is C14H19N3O4S. The lowest BCUT2D eigenvalue weighted by Crippen LogP contribution is -2.48. The standard InChI is InChI=1S/C14H19N3O4S/c1-5-8(12-16-9(6-22-12)13(19)20)15-11(18)10-7(2)21-14(3,4)17-10/h5-7,10,17H,1-4H3,(H,15,18)(H,19,20)/b8-5-/t7-,10+/m1/s1. The van der Waals surface area contributed by atoms with E-state index in [0.717, 1.165) is 0 Å². The zero-order chi connectivity index (χ0) is 16.5. The Kier molecular flexibility index (Phi) is 4.64. The smallest absolute Gasteiger partial charge is 0.355 e. The molecule has 7 nitrogen and oxygen atoms in total. The number of carbonyl (C=O) groups is 2. The Bertz CT molecular complexity index is 623. The number of carboxylic acid groups (broad SMARTS) is 1. The van der Waals surface area contributed by atoms with Gasteiger partial charge in [0.25, 0.3) is 0 Å². The molecule has 3 N–H and O–H groups in total. The third-order valence-electron chi connectivity index (χ3n) is 3.24. The van der Waals surface area contributed by atoms with Gasteiger partial charge in [0.15, 0.2) is 5.69 Å². The van der Waals surface area contributed by atoms with Gasteiger partial charge in [-0.25, -0.2) is 9.78 Å². The maximum absolute atomic E-state index is 12.4. The summed E-state index contributed by atoms with van der Waals surface area (Å²) in [6.07, 6.45) is 1.42. The molecule has 0 bridgehead atoms. The van der Waals surface area contributed by atoms with Gasteiger partial charge in [-0.15, -0.1) is 11.3 Å². The number of amides is 1. The number of ether oxygens (including phenoxy) is 1. The molecule has 0 spiro atoms. The summed E-state index contributed by atoms with van der Waals surface area (Å²) >= 11 is 1.17. The molecule has 1 aliphatic heterocycles. The molecular weight excluding hydrogens is 306 g/mol. The summed E-state index contributed by atoms with van der Waals surface area (Å²) in [5, 5.41) is 16.7. The number of carbonyl (C=O) groups excluding carboxylic acids is 1. The minimum Gasteiger partial charge on any atom is -0.476 e. The van der Waals surface area contributed by atoms with Gasteiger partial charge in [0.05, 0.1) is 11.8 Å². The van der Waals surface area contributed by atoms with Crippen LogP contribution in [0.2, 0.25) is 0 Å². The number of nitrogens with zero attached hydrogens (tertiary/aromatic N) is 1. The topological polar surface area (TPSA) is 101 Å². The average molecular weight is 325 g/mol. The number of nitrogens with one attached hydrogen (secondary N) is 2. The van der Waals surface area contributed by atoms with Crippen molar-refractivity contribution in [1.29, 1.82) is 0 Å². The van der Waals surface area contributed by atoms with Crippen molar-refractivity contribution >= 4 is 28.9 Å². The number of aromatic nitrogens is 1. The molecule has 1 saturated heterocycles. The molecule has 2 atom stereocenters. The number of thiazole rings is 1. The van der Waals surface area contributed by atoms with Crippen LogP contribution in [-0.4, -0.2) is 39.8 Å². The fourth-order valence-electron chi connectivity index (χ4n) is 2.29. The normalized spacial score (nSPS) is 24.3. The molecule has 1 aliphatic rings. The minimum atomic E-state index is -1.09. The third kappa shape index (κ3) is 3.52. The number of hydrogen-bond acceptors (Lipinski definition) is 6. The van der Waals surface area contributed by atoms with Gasteiger partial charge in [-0.2, -0.15) is 0 Å². The van der Waals surface area contributed by atoms with E-state index in [9.17, 15) is 9.59 Å². The summed E-state index contributed by atoms with van der Waals surface area (Å²) in [7, 11) is 0. The van der Waals surface area contributed by atoms with Crippen molar-refractivity contribution < 1.29 is 19.4 Å². The molecule has 1 aromatic heterocycles. The maximum atomic E-state index is 12.4. The summed E-state index contributed by atoms with van der Waals surface area (Å²) in [4.78, 5) is 27.3. The fourth-order valence-corrected chi connectivity index (χ4v) is 3.12. The summed E-state index contributed by atoms with van der Waals surface area (Å²) < 4.78 is 5.66. The lowest BCUT2D eigenvalue weighted by Gasteiger charge is -2.18. The number of rotatable bonds is 4. The van der Waals surface area contributed by atoms with E-state index in [4.69, 9.17) is 9.84 Å². The molecule has 22 heavy (non-hydrogen) atoms.